The minimum atomic E-state index is -0.240. The number of nitrogens with zero attached hydrogens (tertiary/aromatic N) is 1. The van der Waals surface area contributed by atoms with Gasteiger partial charge in [-0.3, -0.25) is 4.79 Å². The van der Waals surface area contributed by atoms with Gasteiger partial charge in [0.25, 0.3) is 5.91 Å². The van der Waals surface area contributed by atoms with Crippen LogP contribution in [0.25, 0.3) is 0 Å². The second-order valence-electron chi connectivity index (χ2n) is 4.77. The van der Waals surface area contributed by atoms with Crippen molar-refractivity contribution in [3.63, 3.8) is 0 Å². The number of benzene rings is 2. The summed E-state index contributed by atoms with van der Waals surface area (Å²) in [6.45, 7) is 1.80. The highest BCUT2D eigenvalue weighted by Gasteiger charge is 2.11. The first-order chi connectivity index (χ1) is 10.7. The number of aromatic amines is 1. The first-order valence-corrected chi connectivity index (χ1v) is 6.86. The summed E-state index contributed by atoms with van der Waals surface area (Å²) in [6, 6.07) is 16.7. The number of hydrogen-bond donors (Lipinski definition) is 2. The van der Waals surface area contributed by atoms with Crippen LogP contribution in [-0.4, -0.2) is 15.9 Å². The van der Waals surface area contributed by atoms with E-state index >= 15 is 0 Å². The Balaban J connectivity index is 1.67. The number of nitrogens with one attached hydrogen (secondary N) is 2. The van der Waals surface area contributed by atoms with Crippen molar-refractivity contribution in [3.8, 4) is 11.5 Å². The topological polar surface area (TPSA) is 67.0 Å². The summed E-state index contributed by atoms with van der Waals surface area (Å²) in [5.74, 6) is 1.24. The number of imidazole rings is 1. The summed E-state index contributed by atoms with van der Waals surface area (Å²) in [6.07, 6.45) is 1.50. The predicted molar refractivity (Wildman–Crippen MR) is 84.2 cm³/mol. The zero-order valence-electron chi connectivity index (χ0n) is 12.0. The Labute approximate surface area is 128 Å². The van der Waals surface area contributed by atoms with Gasteiger partial charge in [0.1, 0.15) is 17.2 Å². The van der Waals surface area contributed by atoms with Gasteiger partial charge in [-0.25, -0.2) is 4.98 Å². The van der Waals surface area contributed by atoms with Crippen LogP contribution in [0.15, 0.2) is 60.9 Å². The van der Waals surface area contributed by atoms with Crippen LogP contribution in [0.1, 0.15) is 16.2 Å². The van der Waals surface area contributed by atoms with E-state index in [9.17, 15) is 4.79 Å². The van der Waals surface area contributed by atoms with Crippen molar-refractivity contribution in [2.24, 2.45) is 0 Å². The van der Waals surface area contributed by atoms with Gasteiger partial charge in [0.2, 0.25) is 0 Å². The van der Waals surface area contributed by atoms with Crippen molar-refractivity contribution in [3.05, 3.63) is 72.3 Å². The zero-order valence-corrected chi connectivity index (χ0v) is 12.0. The maximum atomic E-state index is 12.0. The highest BCUT2D eigenvalue weighted by Crippen LogP contribution is 2.22. The first-order valence-electron chi connectivity index (χ1n) is 6.86. The first kappa shape index (κ1) is 13.9. The Morgan fingerprint density at radius 1 is 1.05 bits per heavy atom. The Morgan fingerprint density at radius 3 is 2.36 bits per heavy atom. The third-order valence-corrected chi connectivity index (χ3v) is 3.14. The number of rotatable bonds is 4. The Morgan fingerprint density at radius 2 is 1.73 bits per heavy atom. The molecule has 0 bridgehead atoms. The van der Waals surface area contributed by atoms with E-state index in [0.29, 0.717) is 17.1 Å². The van der Waals surface area contributed by atoms with Crippen LogP contribution in [0.4, 0.5) is 5.69 Å². The summed E-state index contributed by atoms with van der Waals surface area (Å²) < 4.78 is 5.70. The molecule has 0 saturated carbocycles. The number of aryl methyl sites for hydroxylation is 1. The molecule has 0 aliphatic rings. The number of anilines is 1. The average Bonchev–Trinajstić information content (AvgIpc) is 2.96. The van der Waals surface area contributed by atoms with Crippen molar-refractivity contribution in [1.82, 2.24) is 9.97 Å². The smallest absolute Gasteiger partial charge is 0.276 e. The monoisotopic (exact) mass is 293 g/mol. The second-order valence-corrected chi connectivity index (χ2v) is 4.77. The minimum absolute atomic E-state index is 0.240. The van der Waals surface area contributed by atoms with Gasteiger partial charge in [-0.2, -0.15) is 0 Å². The van der Waals surface area contributed by atoms with E-state index in [-0.39, 0.29) is 5.91 Å². The van der Waals surface area contributed by atoms with Crippen LogP contribution < -0.4 is 10.1 Å². The largest absolute Gasteiger partial charge is 0.457 e. The van der Waals surface area contributed by atoms with E-state index in [1.807, 2.05) is 30.3 Å². The summed E-state index contributed by atoms with van der Waals surface area (Å²) in [7, 11) is 0. The highest BCUT2D eigenvalue weighted by molar-refractivity contribution is 6.03. The molecule has 1 heterocycles. The number of carbonyl (C=O) groups is 1. The normalized spacial score (nSPS) is 10.2. The van der Waals surface area contributed by atoms with Gasteiger partial charge in [0, 0.05) is 11.4 Å². The Kier molecular flexibility index (Phi) is 3.87. The fourth-order valence-electron chi connectivity index (χ4n) is 2.01. The van der Waals surface area contributed by atoms with E-state index in [1.54, 1.807) is 31.2 Å². The van der Waals surface area contributed by atoms with Gasteiger partial charge in [0.05, 0.1) is 6.33 Å². The van der Waals surface area contributed by atoms with Crippen molar-refractivity contribution in [2.45, 2.75) is 6.92 Å². The van der Waals surface area contributed by atoms with Gasteiger partial charge >= 0.3 is 0 Å². The molecule has 1 amide bonds. The number of ether oxygens (including phenoxy) is 1. The van der Waals surface area contributed by atoms with E-state index < -0.39 is 0 Å². The fraction of sp³-hybridized carbons (Fsp3) is 0.0588. The molecule has 2 N–H and O–H groups in total. The van der Waals surface area contributed by atoms with Crippen LogP contribution in [-0.2, 0) is 0 Å². The van der Waals surface area contributed by atoms with Crippen LogP contribution in [0.5, 0.6) is 11.5 Å². The van der Waals surface area contributed by atoms with E-state index in [4.69, 9.17) is 4.74 Å². The Bertz CT molecular complexity index is 764. The molecule has 1 aromatic heterocycles. The van der Waals surface area contributed by atoms with Crippen molar-refractivity contribution in [2.75, 3.05) is 5.32 Å². The number of hydrogen-bond acceptors (Lipinski definition) is 3. The van der Waals surface area contributed by atoms with E-state index in [1.165, 1.54) is 6.33 Å². The molecule has 0 aliphatic heterocycles. The standard InChI is InChI=1S/C17H15N3O2/c1-12-16(19-11-18-12)17(21)20-13-7-9-15(10-8-13)22-14-5-3-2-4-6-14/h2-11H,1H3,(H,18,19)(H,20,21). The van der Waals surface area contributed by atoms with Gasteiger partial charge in [-0.05, 0) is 43.3 Å². The molecule has 0 radical (unpaired) electrons. The van der Waals surface area contributed by atoms with Crippen molar-refractivity contribution in [1.29, 1.82) is 0 Å². The van der Waals surface area contributed by atoms with Crippen molar-refractivity contribution >= 4 is 11.6 Å². The number of para-hydroxylation sites is 1. The van der Waals surface area contributed by atoms with E-state index in [0.717, 1.165) is 11.4 Å². The molecule has 3 rings (SSSR count). The summed E-state index contributed by atoms with van der Waals surface area (Å²) >= 11 is 0. The second kappa shape index (κ2) is 6.13. The summed E-state index contributed by atoms with van der Waals surface area (Å²) in [5.41, 5.74) is 1.82. The molecule has 0 fully saturated rings. The quantitative estimate of drug-likeness (QED) is 0.769. The lowest BCUT2D eigenvalue weighted by Gasteiger charge is -2.07. The molecule has 0 unspecified atom stereocenters. The molecular weight excluding hydrogens is 278 g/mol. The van der Waals surface area contributed by atoms with Crippen LogP contribution in [0.3, 0.4) is 0 Å². The zero-order chi connectivity index (χ0) is 15.4. The number of amides is 1. The maximum absolute atomic E-state index is 12.0. The lowest BCUT2D eigenvalue weighted by Crippen LogP contribution is -2.13. The third kappa shape index (κ3) is 3.15. The molecule has 0 aliphatic carbocycles. The molecule has 0 saturated heterocycles. The molecule has 110 valence electrons. The molecule has 2 aromatic carbocycles. The average molecular weight is 293 g/mol. The SMILES string of the molecule is Cc1[nH]cnc1C(=O)Nc1ccc(Oc2ccccc2)cc1. The minimum Gasteiger partial charge on any atom is -0.457 e. The van der Waals surface area contributed by atoms with Gasteiger partial charge in [-0.15, -0.1) is 0 Å². The highest BCUT2D eigenvalue weighted by atomic mass is 16.5. The number of carbonyl (C=O) groups excluding carboxylic acids is 1. The predicted octanol–water partition coefficient (Wildman–Crippen LogP) is 3.76. The van der Waals surface area contributed by atoms with Crippen LogP contribution >= 0.6 is 0 Å². The fourth-order valence-corrected chi connectivity index (χ4v) is 2.01. The summed E-state index contributed by atoms with van der Waals surface area (Å²) in [4.78, 5) is 18.9. The molecule has 22 heavy (non-hydrogen) atoms. The molecular formula is C17H15N3O2. The van der Waals surface area contributed by atoms with E-state index in [2.05, 4.69) is 15.3 Å². The van der Waals surface area contributed by atoms with Gasteiger partial charge < -0.3 is 15.0 Å². The van der Waals surface area contributed by atoms with Crippen molar-refractivity contribution < 1.29 is 9.53 Å². The molecule has 0 atom stereocenters. The lowest BCUT2D eigenvalue weighted by molar-refractivity contribution is 0.102. The summed E-state index contributed by atoms with van der Waals surface area (Å²) in [5, 5.41) is 2.80. The molecule has 5 heteroatoms. The van der Waals surface area contributed by atoms with Crippen LogP contribution in [0.2, 0.25) is 0 Å². The maximum Gasteiger partial charge on any atom is 0.276 e. The third-order valence-electron chi connectivity index (χ3n) is 3.14. The van der Waals surface area contributed by atoms with Gasteiger partial charge in [0.15, 0.2) is 0 Å². The van der Waals surface area contributed by atoms with Crippen LogP contribution in [0, 0.1) is 6.92 Å². The number of H-pyrrole nitrogens is 1. The lowest BCUT2D eigenvalue weighted by atomic mass is 10.2. The molecule has 3 aromatic rings. The molecule has 5 nitrogen and oxygen atoms in total. The molecule has 0 spiro atoms. The Hall–Kier alpha value is -3.08. The van der Waals surface area contributed by atoms with Gasteiger partial charge in [-0.1, -0.05) is 18.2 Å². The number of aromatic nitrogens is 2.